The predicted octanol–water partition coefficient (Wildman–Crippen LogP) is 1.68. The van der Waals surface area contributed by atoms with Crippen LogP contribution < -0.4 is 5.32 Å². The quantitative estimate of drug-likeness (QED) is 0.863. The zero-order valence-corrected chi connectivity index (χ0v) is 10.6. The Labute approximate surface area is 107 Å². The number of amides is 1. The number of nitrogens with zero attached hydrogens (tertiary/aromatic N) is 1. The van der Waals surface area contributed by atoms with Crippen molar-refractivity contribution in [1.82, 2.24) is 10.2 Å². The Hall–Kier alpha value is -1.55. The number of ether oxygens (including phenoxy) is 1. The van der Waals surface area contributed by atoms with Gasteiger partial charge in [0.2, 0.25) is 0 Å². The normalized spacial score (nSPS) is 26.9. The van der Waals surface area contributed by atoms with Crippen molar-refractivity contribution in [2.24, 2.45) is 0 Å². The molecule has 18 heavy (non-hydrogen) atoms. The molecule has 96 valence electrons. The van der Waals surface area contributed by atoms with Crippen LogP contribution in [-0.4, -0.2) is 36.2 Å². The van der Waals surface area contributed by atoms with Crippen LogP contribution in [0.4, 0.5) is 4.79 Å². The Balaban J connectivity index is 1.72. The molecule has 2 heterocycles. The van der Waals surface area contributed by atoms with Crippen molar-refractivity contribution < 1.29 is 9.53 Å². The molecule has 0 aliphatic carbocycles. The zero-order chi connectivity index (χ0) is 12.6. The van der Waals surface area contributed by atoms with Crippen molar-refractivity contribution in [1.29, 1.82) is 0 Å². The van der Waals surface area contributed by atoms with Gasteiger partial charge in [0.05, 0.1) is 6.54 Å². The van der Waals surface area contributed by atoms with Crippen LogP contribution in [0.3, 0.4) is 0 Å². The molecule has 2 aliphatic rings. The highest BCUT2D eigenvalue weighted by atomic mass is 16.6. The van der Waals surface area contributed by atoms with Crippen molar-refractivity contribution >= 4 is 6.09 Å². The Morgan fingerprint density at radius 1 is 1.50 bits per heavy atom. The van der Waals surface area contributed by atoms with Crippen LogP contribution in [0.5, 0.6) is 0 Å². The molecule has 0 bridgehead atoms. The van der Waals surface area contributed by atoms with Gasteiger partial charge in [-0.1, -0.05) is 29.8 Å². The van der Waals surface area contributed by atoms with Crippen molar-refractivity contribution in [3.8, 4) is 0 Å². The second-order valence-corrected chi connectivity index (χ2v) is 5.32. The number of carbonyl (C=O) groups is 1. The molecule has 0 saturated carbocycles. The molecule has 1 amide bonds. The van der Waals surface area contributed by atoms with E-state index in [9.17, 15) is 4.79 Å². The van der Waals surface area contributed by atoms with Crippen molar-refractivity contribution in [2.45, 2.75) is 25.5 Å². The summed E-state index contributed by atoms with van der Waals surface area (Å²) in [5, 5.41) is 3.27. The van der Waals surface area contributed by atoms with Gasteiger partial charge in [-0.05, 0) is 19.0 Å². The third kappa shape index (κ3) is 2.08. The van der Waals surface area contributed by atoms with Crippen LogP contribution in [0.25, 0.3) is 0 Å². The van der Waals surface area contributed by atoms with Gasteiger partial charge in [0.25, 0.3) is 0 Å². The predicted molar refractivity (Wildman–Crippen MR) is 68.3 cm³/mol. The number of carbonyl (C=O) groups excluding carboxylic acids is 1. The van der Waals surface area contributed by atoms with E-state index in [1.807, 2.05) is 11.0 Å². The molecule has 1 unspecified atom stereocenters. The summed E-state index contributed by atoms with van der Waals surface area (Å²) in [5.74, 6) is 0. The molecule has 1 spiro atoms. The van der Waals surface area contributed by atoms with E-state index in [0.717, 1.165) is 25.1 Å². The second-order valence-electron chi connectivity index (χ2n) is 5.32. The Morgan fingerprint density at radius 2 is 2.39 bits per heavy atom. The van der Waals surface area contributed by atoms with Gasteiger partial charge in [-0.3, -0.25) is 4.90 Å². The first-order chi connectivity index (χ1) is 8.67. The lowest BCUT2D eigenvalue weighted by Gasteiger charge is -2.19. The van der Waals surface area contributed by atoms with Crippen molar-refractivity contribution in [3.63, 3.8) is 0 Å². The van der Waals surface area contributed by atoms with E-state index in [2.05, 4.69) is 30.4 Å². The molecular weight excluding hydrogens is 228 g/mol. The average Bonchev–Trinajstić information content (AvgIpc) is 2.88. The summed E-state index contributed by atoms with van der Waals surface area (Å²) in [5.41, 5.74) is 2.10. The fourth-order valence-corrected chi connectivity index (χ4v) is 2.79. The van der Waals surface area contributed by atoms with E-state index in [1.54, 1.807) is 0 Å². The van der Waals surface area contributed by atoms with E-state index < -0.39 is 0 Å². The van der Waals surface area contributed by atoms with Gasteiger partial charge in [-0.2, -0.15) is 0 Å². The number of hydrogen-bond acceptors (Lipinski definition) is 3. The largest absolute Gasteiger partial charge is 0.439 e. The maximum absolute atomic E-state index is 11.9. The summed E-state index contributed by atoms with van der Waals surface area (Å²) in [6.45, 7) is 5.12. The fourth-order valence-electron chi connectivity index (χ4n) is 2.79. The smallest absolute Gasteiger partial charge is 0.410 e. The third-order valence-corrected chi connectivity index (χ3v) is 3.70. The standard InChI is InChI=1S/C14H18N2O2/c1-11-3-2-4-12(7-11)8-16-10-14(18-13(16)17)5-6-15-9-14/h2-4,7,15H,5-6,8-10H2,1H3. The Kier molecular flexibility index (Phi) is 2.74. The summed E-state index contributed by atoms with van der Waals surface area (Å²) >= 11 is 0. The van der Waals surface area contributed by atoms with Gasteiger partial charge in [-0.15, -0.1) is 0 Å². The van der Waals surface area contributed by atoms with E-state index in [-0.39, 0.29) is 11.7 Å². The van der Waals surface area contributed by atoms with Crippen LogP contribution in [0.1, 0.15) is 17.5 Å². The Morgan fingerprint density at radius 3 is 3.11 bits per heavy atom. The number of benzene rings is 1. The van der Waals surface area contributed by atoms with Gasteiger partial charge < -0.3 is 10.1 Å². The van der Waals surface area contributed by atoms with Crippen molar-refractivity contribution in [3.05, 3.63) is 35.4 Å². The molecule has 1 aromatic rings. The molecule has 2 aliphatic heterocycles. The number of hydrogen-bond donors (Lipinski definition) is 1. The molecule has 1 aromatic carbocycles. The van der Waals surface area contributed by atoms with Crippen LogP contribution in [0.15, 0.2) is 24.3 Å². The highest BCUT2D eigenvalue weighted by Gasteiger charge is 2.46. The van der Waals surface area contributed by atoms with Crippen molar-refractivity contribution in [2.75, 3.05) is 19.6 Å². The lowest BCUT2D eigenvalue weighted by Crippen LogP contribution is -2.36. The Bertz CT molecular complexity index is 467. The molecule has 4 heteroatoms. The second kappa shape index (κ2) is 4.28. The number of aryl methyl sites for hydroxylation is 1. The molecule has 2 saturated heterocycles. The maximum atomic E-state index is 11.9. The number of rotatable bonds is 2. The van der Waals surface area contributed by atoms with Gasteiger partial charge >= 0.3 is 6.09 Å². The summed E-state index contributed by atoms with van der Waals surface area (Å²) in [6.07, 6.45) is 0.739. The third-order valence-electron chi connectivity index (χ3n) is 3.70. The lowest BCUT2D eigenvalue weighted by molar-refractivity contribution is 0.0727. The minimum absolute atomic E-state index is 0.180. The van der Waals surface area contributed by atoms with Gasteiger partial charge in [-0.25, -0.2) is 4.79 Å². The highest BCUT2D eigenvalue weighted by Crippen LogP contribution is 2.29. The van der Waals surface area contributed by atoms with Crippen LogP contribution >= 0.6 is 0 Å². The van der Waals surface area contributed by atoms with E-state index in [1.165, 1.54) is 5.56 Å². The minimum Gasteiger partial charge on any atom is -0.439 e. The summed E-state index contributed by atoms with van der Waals surface area (Å²) < 4.78 is 5.55. The number of nitrogens with one attached hydrogen (secondary N) is 1. The zero-order valence-electron chi connectivity index (χ0n) is 10.6. The van der Waals surface area contributed by atoms with Crippen LogP contribution in [0, 0.1) is 6.92 Å². The molecule has 3 rings (SSSR count). The molecular formula is C14H18N2O2. The first-order valence-corrected chi connectivity index (χ1v) is 6.41. The fraction of sp³-hybridized carbons (Fsp3) is 0.500. The molecule has 0 radical (unpaired) electrons. The molecule has 4 nitrogen and oxygen atoms in total. The SMILES string of the molecule is Cc1cccc(CN2CC3(CCNC3)OC2=O)c1. The van der Waals surface area contributed by atoms with E-state index in [0.29, 0.717) is 13.1 Å². The molecule has 1 atom stereocenters. The lowest BCUT2D eigenvalue weighted by atomic mass is 10.0. The van der Waals surface area contributed by atoms with Gasteiger partial charge in [0, 0.05) is 19.5 Å². The van der Waals surface area contributed by atoms with Gasteiger partial charge in [0.1, 0.15) is 5.60 Å². The van der Waals surface area contributed by atoms with Crippen LogP contribution in [-0.2, 0) is 11.3 Å². The first kappa shape index (κ1) is 11.5. The molecule has 1 N–H and O–H groups in total. The van der Waals surface area contributed by atoms with E-state index in [4.69, 9.17) is 4.74 Å². The summed E-state index contributed by atoms with van der Waals surface area (Å²) in [7, 11) is 0. The maximum Gasteiger partial charge on any atom is 0.410 e. The summed E-state index contributed by atoms with van der Waals surface area (Å²) in [4.78, 5) is 13.7. The molecule has 0 aromatic heterocycles. The average molecular weight is 246 g/mol. The molecule has 2 fully saturated rings. The van der Waals surface area contributed by atoms with Gasteiger partial charge in [0.15, 0.2) is 0 Å². The van der Waals surface area contributed by atoms with E-state index >= 15 is 0 Å². The summed E-state index contributed by atoms with van der Waals surface area (Å²) in [6, 6.07) is 8.26. The minimum atomic E-state index is -0.277. The highest BCUT2D eigenvalue weighted by molar-refractivity contribution is 5.71. The topological polar surface area (TPSA) is 41.6 Å². The first-order valence-electron chi connectivity index (χ1n) is 6.41. The van der Waals surface area contributed by atoms with Crippen LogP contribution in [0.2, 0.25) is 0 Å². The monoisotopic (exact) mass is 246 g/mol.